The summed E-state index contributed by atoms with van der Waals surface area (Å²) in [6, 6.07) is 4.33. The molecule has 0 amide bonds. The van der Waals surface area contributed by atoms with E-state index >= 15 is 0 Å². The van der Waals surface area contributed by atoms with Crippen molar-refractivity contribution in [2.45, 2.75) is 37.6 Å². The summed E-state index contributed by atoms with van der Waals surface area (Å²) in [5.74, 6) is 0.119. The van der Waals surface area contributed by atoms with Crippen LogP contribution in [0.15, 0.2) is 22.7 Å². The van der Waals surface area contributed by atoms with Crippen molar-refractivity contribution >= 4 is 11.6 Å². The van der Waals surface area contributed by atoms with Crippen molar-refractivity contribution in [3.8, 4) is 11.5 Å². The third-order valence-corrected chi connectivity index (χ3v) is 4.01. The summed E-state index contributed by atoms with van der Waals surface area (Å²) in [7, 11) is 0. The van der Waals surface area contributed by atoms with Gasteiger partial charge in [-0.05, 0) is 31.0 Å². The number of rotatable bonds is 2. The van der Waals surface area contributed by atoms with Gasteiger partial charge in [0, 0.05) is 5.02 Å². The van der Waals surface area contributed by atoms with Crippen molar-refractivity contribution in [2.75, 3.05) is 0 Å². The molecule has 4 nitrogen and oxygen atoms in total. The van der Waals surface area contributed by atoms with Crippen LogP contribution in [0.3, 0.4) is 0 Å². The molecular weight excluding hydrogens is 281 g/mol. The highest BCUT2D eigenvalue weighted by Gasteiger charge is 2.34. The fourth-order valence-electron chi connectivity index (χ4n) is 2.60. The predicted octanol–water partition coefficient (Wildman–Crippen LogP) is 3.65. The van der Waals surface area contributed by atoms with Crippen molar-refractivity contribution in [1.29, 1.82) is 0 Å². The summed E-state index contributed by atoms with van der Waals surface area (Å²) < 4.78 is 19.0. The zero-order valence-electron chi connectivity index (χ0n) is 10.9. The Morgan fingerprint density at radius 1 is 1.25 bits per heavy atom. The number of hydrogen-bond donors (Lipinski definition) is 1. The van der Waals surface area contributed by atoms with Gasteiger partial charge < -0.3 is 10.3 Å². The van der Waals surface area contributed by atoms with Gasteiger partial charge in [0.1, 0.15) is 5.82 Å². The number of halogens is 2. The number of hydrogen-bond acceptors (Lipinski definition) is 4. The summed E-state index contributed by atoms with van der Waals surface area (Å²) in [5.41, 5.74) is 6.02. The fourth-order valence-corrected chi connectivity index (χ4v) is 2.76. The normalized spacial score (nSPS) is 18.1. The molecule has 1 heterocycles. The quantitative estimate of drug-likeness (QED) is 0.918. The second kappa shape index (κ2) is 5.14. The highest BCUT2D eigenvalue weighted by Crippen LogP contribution is 2.34. The van der Waals surface area contributed by atoms with Crippen LogP contribution >= 0.6 is 11.6 Å². The Hall–Kier alpha value is -1.46. The van der Waals surface area contributed by atoms with Crippen LogP contribution in [-0.2, 0) is 5.54 Å². The Labute approximate surface area is 121 Å². The minimum atomic E-state index is -0.553. The van der Waals surface area contributed by atoms with Crippen LogP contribution in [0.2, 0.25) is 5.02 Å². The van der Waals surface area contributed by atoms with E-state index in [1.165, 1.54) is 18.6 Å². The van der Waals surface area contributed by atoms with Crippen molar-refractivity contribution in [1.82, 2.24) is 10.1 Å². The minimum absolute atomic E-state index is 0.143. The summed E-state index contributed by atoms with van der Waals surface area (Å²) >= 11 is 5.73. The van der Waals surface area contributed by atoms with E-state index in [0.717, 1.165) is 25.7 Å². The summed E-state index contributed by atoms with van der Waals surface area (Å²) in [6.45, 7) is 0. The van der Waals surface area contributed by atoms with Gasteiger partial charge in [0.2, 0.25) is 0 Å². The number of aromatic nitrogens is 2. The van der Waals surface area contributed by atoms with Gasteiger partial charge in [-0.2, -0.15) is 4.98 Å². The molecule has 20 heavy (non-hydrogen) atoms. The molecule has 3 rings (SSSR count). The molecule has 2 aromatic rings. The second-order valence-electron chi connectivity index (χ2n) is 5.26. The first-order chi connectivity index (χ1) is 9.58. The molecule has 0 unspecified atom stereocenters. The molecular formula is C14H15ClFN3O. The lowest BCUT2D eigenvalue weighted by Gasteiger charge is -2.29. The zero-order chi connectivity index (χ0) is 14.2. The van der Waals surface area contributed by atoms with Crippen LogP contribution < -0.4 is 5.73 Å². The average Bonchev–Trinajstić information content (AvgIpc) is 2.90. The second-order valence-corrected chi connectivity index (χ2v) is 5.70. The third kappa shape index (κ3) is 2.43. The molecule has 0 spiro atoms. The number of benzene rings is 1. The van der Waals surface area contributed by atoms with E-state index in [9.17, 15) is 4.39 Å². The molecule has 1 aromatic carbocycles. The molecule has 1 aliphatic carbocycles. The van der Waals surface area contributed by atoms with Crippen LogP contribution in [0.1, 0.15) is 37.9 Å². The van der Waals surface area contributed by atoms with E-state index in [-0.39, 0.29) is 11.5 Å². The van der Waals surface area contributed by atoms with Gasteiger partial charge in [-0.1, -0.05) is 36.0 Å². The van der Waals surface area contributed by atoms with Crippen molar-refractivity contribution < 1.29 is 8.91 Å². The predicted molar refractivity (Wildman–Crippen MR) is 73.7 cm³/mol. The molecule has 0 aliphatic heterocycles. The van der Waals surface area contributed by atoms with Gasteiger partial charge >= 0.3 is 0 Å². The van der Waals surface area contributed by atoms with E-state index in [1.54, 1.807) is 6.07 Å². The van der Waals surface area contributed by atoms with E-state index in [2.05, 4.69) is 10.1 Å². The van der Waals surface area contributed by atoms with Crippen LogP contribution in [-0.4, -0.2) is 10.1 Å². The largest absolute Gasteiger partial charge is 0.334 e. The molecule has 1 aromatic heterocycles. The Morgan fingerprint density at radius 2 is 2.00 bits per heavy atom. The van der Waals surface area contributed by atoms with Crippen molar-refractivity contribution in [3.05, 3.63) is 34.9 Å². The van der Waals surface area contributed by atoms with Gasteiger partial charge in [-0.25, -0.2) is 4.39 Å². The van der Waals surface area contributed by atoms with E-state index in [0.29, 0.717) is 10.8 Å². The highest BCUT2D eigenvalue weighted by atomic mass is 35.5. The minimum Gasteiger partial charge on any atom is -0.334 e. The lowest BCUT2D eigenvalue weighted by atomic mass is 9.82. The Bertz CT molecular complexity index is 623. The third-order valence-electron chi connectivity index (χ3n) is 3.78. The van der Waals surface area contributed by atoms with E-state index in [1.807, 2.05) is 0 Å². The van der Waals surface area contributed by atoms with E-state index in [4.69, 9.17) is 21.9 Å². The average molecular weight is 296 g/mol. The maximum Gasteiger partial charge on any atom is 0.260 e. The Morgan fingerprint density at radius 3 is 2.70 bits per heavy atom. The molecule has 1 fully saturated rings. The molecule has 0 bridgehead atoms. The van der Waals surface area contributed by atoms with Crippen molar-refractivity contribution in [3.63, 3.8) is 0 Å². The molecule has 0 radical (unpaired) electrons. The lowest BCUT2D eigenvalue weighted by molar-refractivity contribution is 0.275. The topological polar surface area (TPSA) is 64.9 Å². The summed E-state index contributed by atoms with van der Waals surface area (Å²) in [4.78, 5) is 4.28. The highest BCUT2D eigenvalue weighted by molar-refractivity contribution is 6.30. The smallest absolute Gasteiger partial charge is 0.260 e. The molecule has 2 N–H and O–H groups in total. The van der Waals surface area contributed by atoms with Gasteiger partial charge in [-0.15, -0.1) is 0 Å². The first kappa shape index (κ1) is 13.5. The van der Waals surface area contributed by atoms with Crippen LogP contribution in [0.4, 0.5) is 4.39 Å². The summed E-state index contributed by atoms with van der Waals surface area (Å²) in [6.07, 6.45) is 4.94. The maximum absolute atomic E-state index is 13.8. The van der Waals surface area contributed by atoms with E-state index < -0.39 is 11.4 Å². The fraction of sp³-hybridized carbons (Fsp3) is 0.429. The zero-order valence-corrected chi connectivity index (χ0v) is 11.7. The molecule has 0 atom stereocenters. The number of nitrogens with zero attached hydrogens (tertiary/aromatic N) is 2. The van der Waals surface area contributed by atoms with Gasteiger partial charge in [0.15, 0.2) is 5.82 Å². The monoisotopic (exact) mass is 295 g/mol. The first-order valence-corrected chi connectivity index (χ1v) is 7.05. The van der Waals surface area contributed by atoms with Gasteiger partial charge in [0.25, 0.3) is 5.89 Å². The maximum atomic E-state index is 13.8. The van der Waals surface area contributed by atoms with Crippen LogP contribution in [0.5, 0.6) is 0 Å². The van der Waals surface area contributed by atoms with Crippen LogP contribution in [0, 0.1) is 5.82 Å². The molecule has 6 heteroatoms. The van der Waals surface area contributed by atoms with Crippen molar-refractivity contribution in [2.24, 2.45) is 5.73 Å². The Balaban J connectivity index is 1.93. The molecule has 106 valence electrons. The van der Waals surface area contributed by atoms with Gasteiger partial charge in [-0.3, -0.25) is 0 Å². The SMILES string of the molecule is NC1(c2noc(-c3ccc(Cl)cc3F)n2)CCCCC1. The van der Waals surface area contributed by atoms with Crippen LogP contribution in [0.25, 0.3) is 11.5 Å². The lowest BCUT2D eigenvalue weighted by Crippen LogP contribution is -2.39. The molecule has 1 aliphatic rings. The molecule has 1 saturated carbocycles. The Kier molecular flexibility index (Phi) is 3.48. The number of nitrogens with two attached hydrogens (primary N) is 1. The standard InChI is InChI=1S/C14H15ClFN3O/c15-9-4-5-10(11(16)8-9)12-18-13(19-20-12)14(17)6-2-1-3-7-14/h4-5,8H,1-3,6-7,17H2. The first-order valence-electron chi connectivity index (χ1n) is 6.67. The summed E-state index contributed by atoms with van der Waals surface area (Å²) in [5, 5.41) is 4.27. The molecule has 0 saturated heterocycles. The van der Waals surface area contributed by atoms with Gasteiger partial charge in [0.05, 0.1) is 11.1 Å².